The quantitative estimate of drug-likeness (QED) is 0.415. The third-order valence-electron chi connectivity index (χ3n) is 1.26. The molecule has 0 aromatic heterocycles. The summed E-state index contributed by atoms with van der Waals surface area (Å²) in [6.07, 6.45) is 0. The third-order valence-corrected chi connectivity index (χ3v) is 1.26. The van der Waals surface area contributed by atoms with E-state index in [4.69, 9.17) is 15.3 Å². The fourth-order valence-corrected chi connectivity index (χ4v) is 0.735. The van der Waals surface area contributed by atoms with E-state index in [-0.39, 0.29) is 17.2 Å². The van der Waals surface area contributed by atoms with Gasteiger partial charge < -0.3 is 20.1 Å². The highest BCUT2D eigenvalue weighted by Crippen LogP contribution is 2.38. The number of benzene rings is 1. The van der Waals surface area contributed by atoms with Crippen LogP contribution in [-0.4, -0.2) is 22.4 Å². The summed E-state index contributed by atoms with van der Waals surface area (Å²) in [5.41, 5.74) is 0. The number of methoxy groups -OCH3 is 1. The van der Waals surface area contributed by atoms with Crippen molar-refractivity contribution in [1.29, 1.82) is 0 Å². The topological polar surface area (TPSA) is 69.9 Å². The van der Waals surface area contributed by atoms with Gasteiger partial charge >= 0.3 is 0 Å². The Kier molecular flexibility index (Phi) is 1.76. The molecule has 0 saturated heterocycles. The van der Waals surface area contributed by atoms with Gasteiger partial charge in [-0.2, -0.15) is 0 Å². The van der Waals surface area contributed by atoms with Gasteiger partial charge in [0, 0.05) is 12.1 Å². The minimum atomic E-state index is -0.401. The molecule has 0 saturated carbocycles. The van der Waals surface area contributed by atoms with Gasteiger partial charge in [-0.3, -0.25) is 0 Å². The van der Waals surface area contributed by atoms with Gasteiger partial charge in [0.1, 0.15) is 5.75 Å². The van der Waals surface area contributed by atoms with E-state index in [1.807, 2.05) is 0 Å². The Morgan fingerprint density at radius 2 is 1.82 bits per heavy atom. The van der Waals surface area contributed by atoms with Gasteiger partial charge in [-0.05, 0) is 0 Å². The first kappa shape index (κ1) is 7.53. The monoisotopic (exact) mass is 156 g/mol. The maximum Gasteiger partial charge on any atom is 0.200 e. The SMILES string of the molecule is COc1cc(O)cc(O)c1O. The van der Waals surface area contributed by atoms with Crippen LogP contribution in [0.4, 0.5) is 0 Å². The molecule has 0 amide bonds. The van der Waals surface area contributed by atoms with Gasteiger partial charge in [0.25, 0.3) is 0 Å². The molecule has 4 nitrogen and oxygen atoms in total. The molecule has 0 bridgehead atoms. The zero-order valence-electron chi connectivity index (χ0n) is 5.90. The van der Waals surface area contributed by atoms with Crippen LogP contribution >= 0.6 is 0 Å². The van der Waals surface area contributed by atoms with E-state index in [1.165, 1.54) is 13.2 Å². The van der Waals surface area contributed by atoms with Gasteiger partial charge in [-0.15, -0.1) is 0 Å². The lowest BCUT2D eigenvalue weighted by Gasteiger charge is -2.04. The average molecular weight is 156 g/mol. The van der Waals surface area contributed by atoms with E-state index < -0.39 is 5.75 Å². The smallest absolute Gasteiger partial charge is 0.200 e. The fourth-order valence-electron chi connectivity index (χ4n) is 0.735. The number of ether oxygens (including phenoxy) is 1. The first-order valence-electron chi connectivity index (χ1n) is 2.94. The van der Waals surface area contributed by atoms with E-state index in [0.29, 0.717) is 0 Å². The van der Waals surface area contributed by atoms with Crippen LogP contribution in [0, 0.1) is 0 Å². The Morgan fingerprint density at radius 3 is 2.36 bits per heavy atom. The first-order chi connectivity index (χ1) is 5.15. The van der Waals surface area contributed by atoms with Crippen molar-refractivity contribution >= 4 is 0 Å². The highest BCUT2D eigenvalue weighted by molar-refractivity contribution is 5.53. The minimum absolute atomic E-state index is 0.0440. The van der Waals surface area contributed by atoms with E-state index in [0.717, 1.165) is 6.07 Å². The molecule has 0 unspecified atom stereocenters. The Morgan fingerprint density at radius 1 is 1.18 bits per heavy atom. The first-order valence-corrected chi connectivity index (χ1v) is 2.94. The van der Waals surface area contributed by atoms with Crippen LogP contribution in [0.25, 0.3) is 0 Å². The van der Waals surface area contributed by atoms with Crippen LogP contribution < -0.4 is 4.74 Å². The summed E-state index contributed by atoms with van der Waals surface area (Å²) < 4.78 is 4.64. The van der Waals surface area contributed by atoms with Crippen molar-refractivity contribution in [2.75, 3.05) is 7.11 Å². The van der Waals surface area contributed by atoms with Crippen LogP contribution in [0.15, 0.2) is 12.1 Å². The second kappa shape index (κ2) is 2.57. The summed E-state index contributed by atoms with van der Waals surface area (Å²) in [5, 5.41) is 26.9. The van der Waals surface area contributed by atoms with Crippen molar-refractivity contribution in [3.8, 4) is 23.0 Å². The van der Waals surface area contributed by atoms with Crippen LogP contribution in [-0.2, 0) is 0 Å². The van der Waals surface area contributed by atoms with Gasteiger partial charge in [0.05, 0.1) is 7.11 Å². The Labute approximate surface area is 63.3 Å². The lowest BCUT2D eigenvalue weighted by molar-refractivity contribution is 0.345. The van der Waals surface area contributed by atoms with Crippen LogP contribution in [0.2, 0.25) is 0 Å². The highest BCUT2D eigenvalue weighted by Gasteiger charge is 2.07. The molecule has 0 spiro atoms. The van der Waals surface area contributed by atoms with E-state index in [2.05, 4.69) is 4.74 Å². The number of hydrogen-bond acceptors (Lipinski definition) is 4. The van der Waals surface area contributed by atoms with Crippen molar-refractivity contribution in [3.05, 3.63) is 12.1 Å². The standard InChI is InChI=1S/C7H8O4/c1-11-6-3-4(8)2-5(9)7(6)10/h2-3,8-10H,1H3. The largest absolute Gasteiger partial charge is 0.508 e. The number of hydrogen-bond donors (Lipinski definition) is 3. The molecule has 0 aliphatic rings. The van der Waals surface area contributed by atoms with Crippen molar-refractivity contribution in [2.24, 2.45) is 0 Å². The molecular formula is C7H8O4. The zero-order chi connectivity index (χ0) is 8.43. The van der Waals surface area contributed by atoms with E-state index >= 15 is 0 Å². The second-order valence-electron chi connectivity index (χ2n) is 2.02. The molecule has 11 heavy (non-hydrogen) atoms. The minimum Gasteiger partial charge on any atom is -0.508 e. The van der Waals surface area contributed by atoms with Crippen molar-refractivity contribution in [1.82, 2.24) is 0 Å². The molecule has 1 aromatic rings. The van der Waals surface area contributed by atoms with Gasteiger partial charge in [-0.1, -0.05) is 0 Å². The lowest BCUT2D eigenvalue weighted by Crippen LogP contribution is -1.83. The fraction of sp³-hybridized carbons (Fsp3) is 0.143. The van der Waals surface area contributed by atoms with E-state index in [1.54, 1.807) is 0 Å². The summed E-state index contributed by atoms with van der Waals surface area (Å²) in [6.45, 7) is 0. The summed E-state index contributed by atoms with van der Waals surface area (Å²) in [7, 11) is 1.33. The van der Waals surface area contributed by atoms with Crippen molar-refractivity contribution in [3.63, 3.8) is 0 Å². The Bertz CT molecular complexity index is 269. The van der Waals surface area contributed by atoms with Crippen LogP contribution in [0.3, 0.4) is 0 Å². The molecule has 60 valence electrons. The molecule has 1 rings (SSSR count). The van der Waals surface area contributed by atoms with Crippen LogP contribution in [0.5, 0.6) is 23.0 Å². The third kappa shape index (κ3) is 1.29. The zero-order valence-corrected chi connectivity index (χ0v) is 5.90. The summed E-state index contributed by atoms with van der Waals surface area (Å²) in [4.78, 5) is 0. The molecule has 3 N–H and O–H groups in total. The Balaban J connectivity index is 3.24. The molecule has 0 heterocycles. The van der Waals surface area contributed by atoms with Gasteiger partial charge in [0.15, 0.2) is 11.5 Å². The summed E-state index contributed by atoms with van der Waals surface area (Å²) in [5.74, 6) is -0.883. The summed E-state index contributed by atoms with van der Waals surface area (Å²) >= 11 is 0. The number of phenols is 3. The molecule has 1 aromatic carbocycles. The molecule has 0 aliphatic carbocycles. The van der Waals surface area contributed by atoms with Crippen molar-refractivity contribution < 1.29 is 20.1 Å². The van der Waals surface area contributed by atoms with Crippen molar-refractivity contribution in [2.45, 2.75) is 0 Å². The van der Waals surface area contributed by atoms with Gasteiger partial charge in [-0.25, -0.2) is 0 Å². The second-order valence-corrected chi connectivity index (χ2v) is 2.02. The summed E-state index contributed by atoms with van der Waals surface area (Å²) in [6, 6.07) is 2.23. The van der Waals surface area contributed by atoms with E-state index in [9.17, 15) is 0 Å². The maximum atomic E-state index is 9.04. The highest BCUT2D eigenvalue weighted by atomic mass is 16.5. The van der Waals surface area contributed by atoms with Crippen LogP contribution in [0.1, 0.15) is 0 Å². The predicted octanol–water partition coefficient (Wildman–Crippen LogP) is 0.812. The molecule has 4 heteroatoms. The number of rotatable bonds is 1. The van der Waals surface area contributed by atoms with Gasteiger partial charge in [0.2, 0.25) is 5.75 Å². The number of phenolic OH excluding ortho intramolecular Hbond substituents is 3. The maximum absolute atomic E-state index is 9.04. The molecule has 0 aliphatic heterocycles. The molecule has 0 radical (unpaired) electrons. The normalized spacial score (nSPS) is 9.55. The number of aromatic hydroxyl groups is 3. The molecule has 0 atom stereocenters. The average Bonchev–Trinajstić information content (AvgIpc) is 1.96. The predicted molar refractivity (Wildman–Crippen MR) is 38.0 cm³/mol. The Hall–Kier alpha value is -1.58. The molecular weight excluding hydrogens is 148 g/mol. The molecule has 0 fully saturated rings. The lowest BCUT2D eigenvalue weighted by atomic mass is 10.3.